The molecule has 3 rings (SSSR count). The molecule has 1 aromatic heterocycles. The zero-order chi connectivity index (χ0) is 21.5. The monoisotopic (exact) mass is 406 g/mol. The molecule has 0 bridgehead atoms. The second kappa shape index (κ2) is 9.46. The maximum Gasteiger partial charge on any atom is 0.289 e. The lowest BCUT2D eigenvalue weighted by Gasteiger charge is -2.20. The topological polar surface area (TPSA) is 117 Å². The third-order valence-corrected chi connectivity index (χ3v) is 4.58. The Hall–Kier alpha value is -4.01. The van der Waals surface area contributed by atoms with E-state index in [1.54, 1.807) is 18.3 Å². The maximum absolute atomic E-state index is 12.3. The van der Waals surface area contributed by atoms with E-state index in [1.807, 2.05) is 24.3 Å². The standard InChI is InChI=1S/C21H22N6O3/c1-3-26(4-2)17-10-8-15(9-11-17)14-22-25-21(28)20-13-19(23-24-20)16-6-5-7-18(12-16)27(29)30/h5-14H,3-4H2,1-2H3,(H,23,24)(H,25,28)/b22-14-. The highest BCUT2D eigenvalue weighted by Gasteiger charge is 2.13. The highest BCUT2D eigenvalue weighted by atomic mass is 16.6. The van der Waals surface area contributed by atoms with Crippen molar-refractivity contribution in [3.8, 4) is 11.3 Å². The molecule has 0 unspecified atom stereocenters. The van der Waals surface area contributed by atoms with Crippen LogP contribution in [-0.4, -0.2) is 40.3 Å². The zero-order valence-corrected chi connectivity index (χ0v) is 16.7. The minimum atomic E-state index is -0.479. The Morgan fingerprint density at radius 1 is 1.20 bits per heavy atom. The van der Waals surface area contributed by atoms with E-state index in [9.17, 15) is 14.9 Å². The fourth-order valence-corrected chi connectivity index (χ4v) is 2.95. The van der Waals surface area contributed by atoms with Crippen molar-refractivity contribution in [1.82, 2.24) is 15.6 Å². The number of non-ortho nitro benzene ring substituents is 1. The summed E-state index contributed by atoms with van der Waals surface area (Å²) in [6.07, 6.45) is 1.56. The maximum atomic E-state index is 12.3. The van der Waals surface area contributed by atoms with Crippen LogP contribution in [-0.2, 0) is 0 Å². The number of hydrazone groups is 1. The predicted molar refractivity (Wildman–Crippen MR) is 116 cm³/mol. The van der Waals surface area contributed by atoms with Gasteiger partial charge in [0.25, 0.3) is 11.6 Å². The van der Waals surface area contributed by atoms with Gasteiger partial charge >= 0.3 is 0 Å². The van der Waals surface area contributed by atoms with Gasteiger partial charge in [0.1, 0.15) is 5.69 Å². The Kier molecular flexibility index (Phi) is 6.53. The van der Waals surface area contributed by atoms with E-state index in [-0.39, 0.29) is 11.4 Å². The first-order chi connectivity index (χ1) is 14.5. The Morgan fingerprint density at radius 3 is 2.60 bits per heavy atom. The molecule has 2 aromatic carbocycles. The number of aromatic amines is 1. The number of carbonyl (C=O) groups is 1. The molecular weight excluding hydrogens is 384 g/mol. The fraction of sp³-hybridized carbons (Fsp3) is 0.190. The molecule has 0 aliphatic carbocycles. The summed E-state index contributed by atoms with van der Waals surface area (Å²) < 4.78 is 0. The summed E-state index contributed by atoms with van der Waals surface area (Å²) >= 11 is 0. The minimum Gasteiger partial charge on any atom is -0.372 e. The minimum absolute atomic E-state index is 0.0434. The van der Waals surface area contributed by atoms with Crippen LogP contribution in [0.15, 0.2) is 59.7 Å². The smallest absolute Gasteiger partial charge is 0.289 e. The first kappa shape index (κ1) is 20.7. The normalized spacial score (nSPS) is 10.9. The first-order valence-electron chi connectivity index (χ1n) is 9.50. The van der Waals surface area contributed by atoms with Gasteiger partial charge in [-0.2, -0.15) is 10.2 Å². The van der Waals surface area contributed by atoms with Crippen molar-refractivity contribution >= 4 is 23.5 Å². The number of carbonyl (C=O) groups excluding carboxylic acids is 1. The van der Waals surface area contributed by atoms with Crippen molar-refractivity contribution in [2.45, 2.75) is 13.8 Å². The van der Waals surface area contributed by atoms with Crippen molar-refractivity contribution in [2.75, 3.05) is 18.0 Å². The lowest BCUT2D eigenvalue weighted by atomic mass is 10.1. The quantitative estimate of drug-likeness (QED) is 0.337. The average molecular weight is 406 g/mol. The van der Waals surface area contributed by atoms with Crippen LogP contribution in [0.3, 0.4) is 0 Å². The summed E-state index contributed by atoms with van der Waals surface area (Å²) in [6, 6.07) is 15.4. The summed E-state index contributed by atoms with van der Waals surface area (Å²) in [5.74, 6) is -0.463. The number of nitrogens with one attached hydrogen (secondary N) is 2. The molecule has 0 spiro atoms. The number of rotatable bonds is 8. The van der Waals surface area contributed by atoms with Crippen LogP contribution < -0.4 is 10.3 Å². The number of H-pyrrole nitrogens is 1. The molecule has 30 heavy (non-hydrogen) atoms. The van der Waals surface area contributed by atoms with Crippen LogP contribution in [0.25, 0.3) is 11.3 Å². The van der Waals surface area contributed by atoms with Crippen LogP contribution in [0.1, 0.15) is 29.9 Å². The van der Waals surface area contributed by atoms with Gasteiger partial charge in [0.05, 0.1) is 16.8 Å². The van der Waals surface area contributed by atoms with E-state index in [4.69, 9.17) is 0 Å². The van der Waals surface area contributed by atoms with Gasteiger partial charge in [0.2, 0.25) is 0 Å². The molecule has 154 valence electrons. The number of benzene rings is 2. The molecule has 9 heteroatoms. The summed E-state index contributed by atoms with van der Waals surface area (Å²) in [6.45, 7) is 6.08. The number of anilines is 1. The molecule has 0 fully saturated rings. The Morgan fingerprint density at radius 2 is 1.93 bits per heavy atom. The van der Waals surface area contributed by atoms with Crippen LogP contribution in [0.4, 0.5) is 11.4 Å². The van der Waals surface area contributed by atoms with Gasteiger partial charge in [0, 0.05) is 36.5 Å². The van der Waals surface area contributed by atoms with Gasteiger partial charge < -0.3 is 4.90 Å². The molecule has 0 radical (unpaired) electrons. The molecule has 3 aromatic rings. The van der Waals surface area contributed by atoms with E-state index in [2.05, 4.69) is 39.5 Å². The van der Waals surface area contributed by atoms with E-state index >= 15 is 0 Å². The highest BCUT2D eigenvalue weighted by Crippen LogP contribution is 2.22. The van der Waals surface area contributed by atoms with Crippen molar-refractivity contribution in [1.29, 1.82) is 0 Å². The second-order valence-corrected chi connectivity index (χ2v) is 6.44. The highest BCUT2D eigenvalue weighted by molar-refractivity contribution is 5.94. The summed E-state index contributed by atoms with van der Waals surface area (Å²) in [7, 11) is 0. The van der Waals surface area contributed by atoms with E-state index in [0.717, 1.165) is 24.3 Å². The number of aromatic nitrogens is 2. The Balaban J connectivity index is 1.63. The number of amides is 1. The number of nitro groups is 1. The number of nitrogens with zero attached hydrogens (tertiary/aromatic N) is 4. The van der Waals surface area contributed by atoms with E-state index in [0.29, 0.717) is 11.3 Å². The third kappa shape index (κ3) is 4.88. The summed E-state index contributed by atoms with van der Waals surface area (Å²) in [4.78, 5) is 24.9. The van der Waals surface area contributed by atoms with Crippen LogP contribution in [0, 0.1) is 10.1 Å². The predicted octanol–water partition coefficient (Wildman–Crippen LogP) is 3.60. The Labute approximate surface area is 173 Å². The molecule has 0 atom stereocenters. The van der Waals surface area contributed by atoms with Crippen LogP contribution in [0.2, 0.25) is 0 Å². The van der Waals surface area contributed by atoms with Gasteiger partial charge in [-0.25, -0.2) is 5.43 Å². The fourth-order valence-electron chi connectivity index (χ4n) is 2.95. The van der Waals surface area contributed by atoms with Crippen LogP contribution >= 0.6 is 0 Å². The van der Waals surface area contributed by atoms with E-state index in [1.165, 1.54) is 18.2 Å². The number of hydrogen-bond acceptors (Lipinski definition) is 6. The van der Waals surface area contributed by atoms with Gasteiger partial charge in [-0.3, -0.25) is 20.0 Å². The molecule has 0 aliphatic heterocycles. The lowest BCUT2D eigenvalue weighted by Crippen LogP contribution is -2.21. The van der Waals surface area contributed by atoms with Crippen molar-refractivity contribution < 1.29 is 9.72 Å². The number of hydrogen-bond donors (Lipinski definition) is 2. The van der Waals surface area contributed by atoms with Crippen molar-refractivity contribution in [3.05, 3.63) is 76.0 Å². The van der Waals surface area contributed by atoms with Gasteiger partial charge in [-0.1, -0.05) is 24.3 Å². The van der Waals surface area contributed by atoms with E-state index < -0.39 is 10.8 Å². The van der Waals surface area contributed by atoms with Gasteiger partial charge in [-0.15, -0.1) is 0 Å². The molecule has 2 N–H and O–H groups in total. The molecule has 1 amide bonds. The summed E-state index contributed by atoms with van der Waals surface area (Å²) in [5.41, 5.74) is 5.55. The lowest BCUT2D eigenvalue weighted by molar-refractivity contribution is -0.384. The Bertz CT molecular complexity index is 1050. The van der Waals surface area contributed by atoms with Crippen molar-refractivity contribution in [3.63, 3.8) is 0 Å². The summed E-state index contributed by atoms with van der Waals surface area (Å²) in [5, 5.41) is 21.6. The zero-order valence-electron chi connectivity index (χ0n) is 16.7. The van der Waals surface area contributed by atoms with Gasteiger partial charge in [0.15, 0.2) is 0 Å². The average Bonchev–Trinajstić information content (AvgIpc) is 3.26. The molecular formula is C21H22N6O3. The van der Waals surface area contributed by atoms with Gasteiger partial charge in [-0.05, 0) is 37.6 Å². The third-order valence-electron chi connectivity index (χ3n) is 4.58. The largest absolute Gasteiger partial charge is 0.372 e. The number of nitro benzene ring substituents is 1. The SMILES string of the molecule is CCN(CC)c1ccc(/C=N\NC(=O)c2cc(-c3cccc([N+](=O)[O-])c3)n[nH]2)cc1. The molecule has 0 saturated carbocycles. The second-order valence-electron chi connectivity index (χ2n) is 6.44. The first-order valence-corrected chi connectivity index (χ1v) is 9.50. The molecule has 0 saturated heterocycles. The molecule has 9 nitrogen and oxygen atoms in total. The molecule has 1 heterocycles. The van der Waals surface area contributed by atoms with Crippen molar-refractivity contribution in [2.24, 2.45) is 5.10 Å². The van der Waals surface area contributed by atoms with Crippen LogP contribution in [0.5, 0.6) is 0 Å². The molecule has 0 aliphatic rings.